The van der Waals surface area contributed by atoms with Gasteiger partial charge in [0.15, 0.2) is 5.96 Å². The fourth-order valence-corrected chi connectivity index (χ4v) is 3.62. The molecule has 1 spiro atoms. The molecule has 6 heteroatoms. The van der Waals surface area contributed by atoms with Gasteiger partial charge < -0.3 is 20.7 Å². The highest BCUT2D eigenvalue weighted by molar-refractivity contribution is 14.0. The van der Waals surface area contributed by atoms with Crippen LogP contribution < -0.4 is 16.0 Å². The van der Waals surface area contributed by atoms with Crippen LogP contribution in [-0.2, 0) is 4.74 Å². The molecule has 5 nitrogen and oxygen atoms in total. The van der Waals surface area contributed by atoms with Crippen LogP contribution in [0.4, 0.5) is 0 Å². The van der Waals surface area contributed by atoms with Crippen LogP contribution in [0.2, 0.25) is 0 Å². The maximum absolute atomic E-state index is 5.91. The van der Waals surface area contributed by atoms with Crippen LogP contribution in [0, 0.1) is 5.41 Å². The van der Waals surface area contributed by atoms with Crippen molar-refractivity contribution in [2.45, 2.75) is 71.1 Å². The zero-order valence-electron chi connectivity index (χ0n) is 15.4. The predicted molar refractivity (Wildman–Crippen MR) is 108 cm³/mol. The number of ether oxygens (including phenoxy) is 1. The standard InChI is InChI=1S/C17H34N4O.HI/c1-6-22-14-12-13(17(14)8-7-9-17)21-15(18-5)19-10-11-20-16(2,3)4;/h13-14,20H,6-12H2,1-5H3,(H2,18,19,21);1H. The van der Waals surface area contributed by atoms with Gasteiger partial charge in [-0.2, -0.15) is 0 Å². The third-order valence-electron chi connectivity index (χ3n) is 5.04. The average Bonchev–Trinajstić information content (AvgIpc) is 2.37. The summed E-state index contributed by atoms with van der Waals surface area (Å²) >= 11 is 0. The highest BCUT2D eigenvalue weighted by atomic mass is 127. The normalized spacial score (nSPS) is 26.0. The van der Waals surface area contributed by atoms with Crippen molar-refractivity contribution in [3.63, 3.8) is 0 Å². The second-order valence-electron chi connectivity index (χ2n) is 7.64. The third-order valence-corrected chi connectivity index (χ3v) is 5.04. The summed E-state index contributed by atoms with van der Waals surface area (Å²) in [6, 6.07) is 0.513. The summed E-state index contributed by atoms with van der Waals surface area (Å²) in [6.45, 7) is 11.3. The summed E-state index contributed by atoms with van der Waals surface area (Å²) in [5.41, 5.74) is 0.532. The Labute approximate surface area is 158 Å². The molecule has 0 heterocycles. The SMILES string of the molecule is CCOC1CC(NC(=NC)NCCNC(C)(C)C)C12CCC2.I. The molecule has 2 aliphatic carbocycles. The van der Waals surface area contributed by atoms with E-state index in [1.165, 1.54) is 19.3 Å². The van der Waals surface area contributed by atoms with Crippen LogP contribution in [0.1, 0.15) is 53.4 Å². The van der Waals surface area contributed by atoms with Crippen molar-refractivity contribution in [1.29, 1.82) is 0 Å². The summed E-state index contributed by atoms with van der Waals surface area (Å²) in [5, 5.41) is 10.5. The van der Waals surface area contributed by atoms with Gasteiger partial charge in [-0.05, 0) is 47.0 Å². The molecule has 0 aromatic carbocycles. The number of nitrogens with one attached hydrogen (secondary N) is 3. The smallest absolute Gasteiger partial charge is 0.191 e. The molecule has 136 valence electrons. The van der Waals surface area contributed by atoms with Crippen LogP contribution in [0.3, 0.4) is 0 Å². The van der Waals surface area contributed by atoms with E-state index in [1.807, 2.05) is 7.05 Å². The minimum atomic E-state index is 0. The lowest BCUT2D eigenvalue weighted by Crippen LogP contribution is -2.68. The first-order valence-electron chi connectivity index (χ1n) is 8.75. The molecule has 0 bridgehead atoms. The minimum absolute atomic E-state index is 0. The van der Waals surface area contributed by atoms with E-state index in [-0.39, 0.29) is 29.5 Å². The van der Waals surface area contributed by atoms with Crippen molar-refractivity contribution in [1.82, 2.24) is 16.0 Å². The first-order chi connectivity index (χ1) is 10.4. The second kappa shape index (κ2) is 8.85. The minimum Gasteiger partial charge on any atom is -0.378 e. The monoisotopic (exact) mass is 438 g/mol. The van der Waals surface area contributed by atoms with Gasteiger partial charge >= 0.3 is 0 Å². The van der Waals surface area contributed by atoms with Crippen LogP contribution >= 0.6 is 24.0 Å². The number of hydrogen-bond donors (Lipinski definition) is 3. The van der Waals surface area contributed by atoms with Crippen LogP contribution in [0.25, 0.3) is 0 Å². The molecule has 0 amide bonds. The number of hydrogen-bond acceptors (Lipinski definition) is 3. The van der Waals surface area contributed by atoms with E-state index in [9.17, 15) is 0 Å². The van der Waals surface area contributed by atoms with Gasteiger partial charge in [-0.3, -0.25) is 4.99 Å². The number of nitrogens with zero attached hydrogens (tertiary/aromatic N) is 1. The Morgan fingerprint density at radius 2 is 1.96 bits per heavy atom. The summed E-state index contributed by atoms with van der Waals surface area (Å²) in [6.07, 6.45) is 5.47. The van der Waals surface area contributed by atoms with Crippen molar-refractivity contribution in [3.05, 3.63) is 0 Å². The Morgan fingerprint density at radius 3 is 2.43 bits per heavy atom. The summed E-state index contributed by atoms with van der Waals surface area (Å²) in [5.74, 6) is 0.918. The Morgan fingerprint density at radius 1 is 1.26 bits per heavy atom. The first kappa shape index (κ1) is 21.0. The summed E-state index contributed by atoms with van der Waals surface area (Å²) < 4.78 is 5.91. The van der Waals surface area contributed by atoms with Gasteiger partial charge in [0.25, 0.3) is 0 Å². The maximum Gasteiger partial charge on any atom is 0.191 e. The topological polar surface area (TPSA) is 57.7 Å². The zero-order chi connectivity index (χ0) is 16.2. The van der Waals surface area contributed by atoms with Crippen LogP contribution in [-0.4, -0.2) is 50.4 Å². The molecule has 23 heavy (non-hydrogen) atoms. The number of aliphatic imine (C=N–C) groups is 1. The number of guanidine groups is 1. The van der Waals surface area contributed by atoms with E-state index in [0.29, 0.717) is 17.6 Å². The molecule has 2 fully saturated rings. The van der Waals surface area contributed by atoms with E-state index in [2.05, 4.69) is 48.6 Å². The number of halogens is 1. The van der Waals surface area contributed by atoms with E-state index < -0.39 is 0 Å². The Bertz CT molecular complexity index is 391. The average molecular weight is 438 g/mol. The van der Waals surface area contributed by atoms with Crippen molar-refractivity contribution in [3.8, 4) is 0 Å². The summed E-state index contributed by atoms with van der Waals surface area (Å²) in [4.78, 5) is 4.36. The van der Waals surface area contributed by atoms with Gasteiger partial charge in [0.2, 0.25) is 0 Å². The maximum atomic E-state index is 5.91. The van der Waals surface area contributed by atoms with E-state index >= 15 is 0 Å². The lowest BCUT2D eigenvalue weighted by Gasteiger charge is -2.61. The lowest BCUT2D eigenvalue weighted by atomic mass is 9.51. The first-order valence-corrected chi connectivity index (χ1v) is 8.75. The Balaban J connectivity index is 0.00000264. The molecular weight excluding hydrogens is 403 g/mol. The molecule has 0 aromatic rings. The number of rotatable bonds is 6. The van der Waals surface area contributed by atoms with Gasteiger partial charge in [-0.15, -0.1) is 24.0 Å². The van der Waals surface area contributed by atoms with Gasteiger partial charge in [-0.1, -0.05) is 6.42 Å². The van der Waals surface area contributed by atoms with Crippen LogP contribution in [0.5, 0.6) is 0 Å². The Kier molecular flexibility index (Phi) is 8.07. The van der Waals surface area contributed by atoms with E-state index in [4.69, 9.17) is 4.74 Å². The predicted octanol–water partition coefficient (Wildman–Crippen LogP) is 2.51. The molecule has 0 aromatic heterocycles. The van der Waals surface area contributed by atoms with E-state index in [0.717, 1.165) is 32.1 Å². The van der Waals surface area contributed by atoms with Crippen molar-refractivity contribution < 1.29 is 4.74 Å². The molecular formula is C17H35IN4O. The van der Waals surface area contributed by atoms with Crippen molar-refractivity contribution in [2.75, 3.05) is 26.7 Å². The fraction of sp³-hybridized carbons (Fsp3) is 0.941. The molecule has 0 saturated heterocycles. The third kappa shape index (κ3) is 5.19. The zero-order valence-corrected chi connectivity index (χ0v) is 17.7. The van der Waals surface area contributed by atoms with Gasteiger partial charge in [0, 0.05) is 43.7 Å². The molecule has 2 atom stereocenters. The fourth-order valence-electron chi connectivity index (χ4n) is 3.62. The highest BCUT2D eigenvalue weighted by Crippen LogP contribution is 2.57. The molecule has 0 aliphatic heterocycles. The van der Waals surface area contributed by atoms with Crippen molar-refractivity contribution in [2.24, 2.45) is 10.4 Å². The molecule has 2 aliphatic rings. The highest BCUT2D eigenvalue weighted by Gasteiger charge is 2.59. The largest absolute Gasteiger partial charge is 0.378 e. The molecule has 2 saturated carbocycles. The van der Waals surface area contributed by atoms with Gasteiger partial charge in [0.05, 0.1) is 6.10 Å². The van der Waals surface area contributed by atoms with Crippen molar-refractivity contribution >= 4 is 29.9 Å². The Hall–Kier alpha value is -0.0800. The second-order valence-corrected chi connectivity index (χ2v) is 7.64. The molecule has 0 radical (unpaired) electrons. The van der Waals surface area contributed by atoms with Gasteiger partial charge in [0.1, 0.15) is 0 Å². The van der Waals surface area contributed by atoms with E-state index in [1.54, 1.807) is 0 Å². The molecule has 2 unspecified atom stereocenters. The molecule has 2 rings (SSSR count). The van der Waals surface area contributed by atoms with Crippen LogP contribution in [0.15, 0.2) is 4.99 Å². The quantitative estimate of drug-likeness (QED) is 0.258. The summed E-state index contributed by atoms with van der Waals surface area (Å²) in [7, 11) is 1.85. The lowest BCUT2D eigenvalue weighted by molar-refractivity contribution is -0.168. The molecule has 3 N–H and O–H groups in total. The van der Waals surface area contributed by atoms with Gasteiger partial charge in [-0.25, -0.2) is 0 Å².